The van der Waals surface area contributed by atoms with Gasteiger partial charge in [0.15, 0.2) is 0 Å². The third-order valence-electron chi connectivity index (χ3n) is 3.51. The molecular formula is C16H32O2. The van der Waals surface area contributed by atoms with Crippen LogP contribution in [-0.4, -0.2) is 11.6 Å². The number of carbonyl (C=O) groups is 1. The van der Waals surface area contributed by atoms with Crippen molar-refractivity contribution in [3.63, 3.8) is 0 Å². The molecule has 0 N–H and O–H groups in total. The molecule has 0 radical (unpaired) electrons. The molecule has 0 saturated carbocycles. The van der Waals surface area contributed by atoms with E-state index in [0.717, 1.165) is 25.7 Å². The summed E-state index contributed by atoms with van der Waals surface area (Å²) in [6.45, 7) is 14.6. The normalized spacial score (nSPS) is 17.1. The van der Waals surface area contributed by atoms with E-state index >= 15 is 0 Å². The van der Waals surface area contributed by atoms with Crippen LogP contribution in [0.2, 0.25) is 0 Å². The van der Waals surface area contributed by atoms with Crippen LogP contribution in [0.1, 0.15) is 74.1 Å². The first kappa shape index (κ1) is 17.5. The Labute approximate surface area is 113 Å². The minimum absolute atomic E-state index is 0.0110. The summed E-state index contributed by atoms with van der Waals surface area (Å²) in [5, 5.41) is 0. The van der Waals surface area contributed by atoms with E-state index in [-0.39, 0.29) is 17.5 Å². The Morgan fingerprint density at radius 2 is 1.39 bits per heavy atom. The Morgan fingerprint density at radius 3 is 1.67 bits per heavy atom. The molecule has 2 heteroatoms. The lowest BCUT2D eigenvalue weighted by molar-refractivity contribution is -0.161. The van der Waals surface area contributed by atoms with Gasteiger partial charge in [-0.1, -0.05) is 40.5 Å². The topological polar surface area (TPSA) is 26.3 Å². The van der Waals surface area contributed by atoms with E-state index < -0.39 is 0 Å². The van der Waals surface area contributed by atoms with Gasteiger partial charge in [-0.3, -0.25) is 4.79 Å². The van der Waals surface area contributed by atoms with Crippen LogP contribution in [0.3, 0.4) is 0 Å². The van der Waals surface area contributed by atoms with Crippen molar-refractivity contribution in [1.82, 2.24) is 0 Å². The van der Waals surface area contributed by atoms with Crippen molar-refractivity contribution in [2.75, 3.05) is 0 Å². The Balaban J connectivity index is 4.58. The highest BCUT2D eigenvalue weighted by Crippen LogP contribution is 2.26. The van der Waals surface area contributed by atoms with E-state index in [4.69, 9.17) is 4.74 Å². The molecule has 0 aromatic rings. The van der Waals surface area contributed by atoms with Crippen LogP contribution in [0.25, 0.3) is 0 Å². The van der Waals surface area contributed by atoms with E-state index in [1.54, 1.807) is 0 Å². The second-order valence-corrected chi connectivity index (χ2v) is 6.73. The second kappa shape index (κ2) is 7.81. The molecule has 0 amide bonds. The minimum atomic E-state index is -0.375. The van der Waals surface area contributed by atoms with Gasteiger partial charge in [0.2, 0.25) is 0 Å². The van der Waals surface area contributed by atoms with Crippen molar-refractivity contribution >= 4 is 5.97 Å². The maximum absolute atomic E-state index is 12.2. The number of esters is 1. The molecule has 0 heterocycles. The average Bonchev–Trinajstić information content (AvgIpc) is 2.25. The Kier molecular flexibility index (Phi) is 7.58. The summed E-state index contributed by atoms with van der Waals surface area (Å²) in [4.78, 5) is 12.2. The van der Waals surface area contributed by atoms with Gasteiger partial charge in [0.05, 0.1) is 5.92 Å². The predicted molar refractivity (Wildman–Crippen MR) is 77.5 cm³/mol. The van der Waals surface area contributed by atoms with Crippen LogP contribution < -0.4 is 0 Å². The molecule has 2 nitrogen and oxygen atoms in total. The zero-order valence-corrected chi connectivity index (χ0v) is 13.4. The number of ether oxygens (including phenoxy) is 1. The second-order valence-electron chi connectivity index (χ2n) is 6.73. The van der Waals surface area contributed by atoms with Crippen molar-refractivity contribution in [1.29, 1.82) is 0 Å². The van der Waals surface area contributed by atoms with Crippen molar-refractivity contribution in [2.24, 2.45) is 17.8 Å². The van der Waals surface area contributed by atoms with Crippen LogP contribution in [0.4, 0.5) is 0 Å². The van der Waals surface area contributed by atoms with Gasteiger partial charge in [0.25, 0.3) is 0 Å². The van der Waals surface area contributed by atoms with E-state index in [2.05, 4.69) is 27.7 Å². The molecule has 0 aromatic carbocycles. The summed E-state index contributed by atoms with van der Waals surface area (Å²) in [5.41, 5.74) is -0.375. The molecule has 0 aliphatic heterocycles. The Morgan fingerprint density at radius 1 is 1.00 bits per heavy atom. The maximum atomic E-state index is 12.2. The van der Waals surface area contributed by atoms with Crippen LogP contribution >= 0.6 is 0 Å². The summed E-state index contributed by atoms with van der Waals surface area (Å²) in [7, 11) is 0. The van der Waals surface area contributed by atoms with Crippen LogP contribution in [-0.2, 0) is 9.53 Å². The highest BCUT2D eigenvalue weighted by Gasteiger charge is 2.27. The first-order valence-electron chi connectivity index (χ1n) is 7.42. The lowest BCUT2D eigenvalue weighted by Gasteiger charge is -2.26. The van der Waals surface area contributed by atoms with Gasteiger partial charge in [-0.25, -0.2) is 0 Å². The smallest absolute Gasteiger partial charge is 0.309 e. The number of rotatable bonds is 7. The van der Waals surface area contributed by atoms with Crippen LogP contribution in [0.15, 0.2) is 0 Å². The third kappa shape index (κ3) is 7.73. The minimum Gasteiger partial charge on any atom is -0.460 e. The lowest BCUT2D eigenvalue weighted by atomic mass is 9.86. The van der Waals surface area contributed by atoms with Crippen LogP contribution in [0.5, 0.6) is 0 Å². The standard InChI is InChI=1S/C16H32O2/c1-8-12(3)10-14(11-13(4)9-2)15(17)18-16(5,6)7/h12-14H,8-11H2,1-7H3. The van der Waals surface area contributed by atoms with Crippen molar-refractivity contribution in [2.45, 2.75) is 79.8 Å². The summed E-state index contributed by atoms with van der Waals surface area (Å²) in [5.74, 6) is 1.23. The quantitative estimate of drug-likeness (QED) is 0.611. The first-order chi connectivity index (χ1) is 8.19. The molecule has 18 heavy (non-hydrogen) atoms. The molecule has 0 saturated heterocycles. The zero-order valence-electron chi connectivity index (χ0n) is 13.4. The molecule has 108 valence electrons. The van der Waals surface area contributed by atoms with E-state index in [0.29, 0.717) is 11.8 Å². The van der Waals surface area contributed by atoms with Gasteiger partial charge in [-0.2, -0.15) is 0 Å². The molecule has 0 rings (SSSR count). The largest absolute Gasteiger partial charge is 0.460 e. The van der Waals surface area contributed by atoms with Gasteiger partial charge < -0.3 is 4.74 Å². The summed E-state index contributed by atoms with van der Waals surface area (Å²) < 4.78 is 5.55. The molecule has 2 unspecified atom stereocenters. The van der Waals surface area contributed by atoms with Gasteiger partial charge in [0.1, 0.15) is 5.60 Å². The van der Waals surface area contributed by atoms with Gasteiger partial charge in [0, 0.05) is 0 Å². The molecule has 0 spiro atoms. The SMILES string of the molecule is CCC(C)CC(CC(C)CC)C(=O)OC(C)(C)C. The van der Waals surface area contributed by atoms with E-state index in [1.165, 1.54) is 0 Å². The molecule has 2 atom stereocenters. The monoisotopic (exact) mass is 256 g/mol. The average molecular weight is 256 g/mol. The summed E-state index contributed by atoms with van der Waals surface area (Å²) in [6, 6.07) is 0. The van der Waals surface area contributed by atoms with Gasteiger partial charge in [-0.15, -0.1) is 0 Å². The molecule has 0 aliphatic carbocycles. The highest BCUT2D eigenvalue weighted by molar-refractivity contribution is 5.72. The number of carbonyl (C=O) groups excluding carboxylic acids is 1. The highest BCUT2D eigenvalue weighted by atomic mass is 16.6. The van der Waals surface area contributed by atoms with E-state index in [1.807, 2.05) is 20.8 Å². The fourth-order valence-electron chi connectivity index (χ4n) is 1.98. The molecular weight excluding hydrogens is 224 g/mol. The molecule has 0 aliphatic rings. The predicted octanol–water partition coefficient (Wildman–Crippen LogP) is 4.82. The molecule has 0 fully saturated rings. The zero-order chi connectivity index (χ0) is 14.3. The fraction of sp³-hybridized carbons (Fsp3) is 0.938. The van der Waals surface area contributed by atoms with Crippen molar-refractivity contribution < 1.29 is 9.53 Å². The first-order valence-corrected chi connectivity index (χ1v) is 7.42. The molecule has 0 bridgehead atoms. The number of hydrogen-bond acceptors (Lipinski definition) is 2. The fourth-order valence-corrected chi connectivity index (χ4v) is 1.98. The summed E-state index contributed by atoms with van der Waals surface area (Å²) in [6.07, 6.45) is 4.16. The lowest BCUT2D eigenvalue weighted by Crippen LogP contribution is -2.30. The summed E-state index contributed by atoms with van der Waals surface area (Å²) >= 11 is 0. The van der Waals surface area contributed by atoms with Crippen LogP contribution in [0, 0.1) is 17.8 Å². The van der Waals surface area contributed by atoms with Gasteiger partial charge >= 0.3 is 5.97 Å². The van der Waals surface area contributed by atoms with Crippen molar-refractivity contribution in [3.8, 4) is 0 Å². The number of hydrogen-bond donors (Lipinski definition) is 0. The molecule has 0 aromatic heterocycles. The Hall–Kier alpha value is -0.530. The Bertz CT molecular complexity index is 228. The third-order valence-corrected chi connectivity index (χ3v) is 3.51. The van der Waals surface area contributed by atoms with E-state index in [9.17, 15) is 4.79 Å². The van der Waals surface area contributed by atoms with Gasteiger partial charge in [-0.05, 0) is 45.4 Å². The van der Waals surface area contributed by atoms with Crippen molar-refractivity contribution in [3.05, 3.63) is 0 Å². The maximum Gasteiger partial charge on any atom is 0.309 e.